The monoisotopic (exact) mass is 308 g/mol. The lowest BCUT2D eigenvalue weighted by molar-refractivity contribution is 0.665. The fourth-order valence-electron chi connectivity index (χ4n) is 4.61. The van der Waals surface area contributed by atoms with Gasteiger partial charge in [-0.05, 0) is 58.9 Å². The van der Waals surface area contributed by atoms with E-state index in [1.54, 1.807) is 0 Å². The third-order valence-electron chi connectivity index (χ3n) is 5.72. The molecule has 0 heteroatoms. The van der Waals surface area contributed by atoms with E-state index >= 15 is 0 Å². The van der Waals surface area contributed by atoms with Crippen LogP contribution in [-0.2, 0) is 5.41 Å². The highest BCUT2D eigenvalue weighted by atomic mass is 14.4. The predicted molar refractivity (Wildman–Crippen MR) is 103 cm³/mol. The molecule has 0 saturated carbocycles. The van der Waals surface area contributed by atoms with E-state index in [0.29, 0.717) is 0 Å². The quantitative estimate of drug-likeness (QED) is 0.461. The van der Waals surface area contributed by atoms with Gasteiger partial charge in [-0.3, -0.25) is 0 Å². The molecule has 0 nitrogen and oxygen atoms in total. The van der Waals surface area contributed by atoms with Gasteiger partial charge in [-0.2, -0.15) is 0 Å². The Bertz CT molecular complexity index is 1050. The number of hydrogen-bond acceptors (Lipinski definition) is 0. The average molecular weight is 308 g/mol. The molecule has 2 aliphatic rings. The predicted octanol–water partition coefficient (Wildman–Crippen LogP) is 6.24. The summed E-state index contributed by atoms with van der Waals surface area (Å²) in [6.45, 7) is 4.44. The van der Waals surface area contributed by atoms with Crippen molar-refractivity contribution in [2.75, 3.05) is 0 Å². The zero-order valence-electron chi connectivity index (χ0n) is 14.1. The van der Waals surface area contributed by atoms with E-state index in [0.717, 1.165) is 6.42 Å². The largest absolute Gasteiger partial charge is 0.0830 e. The summed E-state index contributed by atoms with van der Waals surface area (Å²) in [5.41, 5.74) is 8.49. The van der Waals surface area contributed by atoms with Gasteiger partial charge >= 0.3 is 0 Å². The molecule has 0 N–H and O–H groups in total. The van der Waals surface area contributed by atoms with Gasteiger partial charge in [0.2, 0.25) is 0 Å². The molecule has 1 unspecified atom stereocenters. The van der Waals surface area contributed by atoms with Crippen molar-refractivity contribution in [2.24, 2.45) is 0 Å². The summed E-state index contributed by atoms with van der Waals surface area (Å²) >= 11 is 0. The Morgan fingerprint density at radius 2 is 1.67 bits per heavy atom. The number of fused-ring (bicyclic) bond motifs is 7. The Morgan fingerprint density at radius 1 is 0.833 bits per heavy atom. The molecule has 1 spiro atoms. The summed E-state index contributed by atoms with van der Waals surface area (Å²) in [6, 6.07) is 18.2. The van der Waals surface area contributed by atoms with Gasteiger partial charge in [0.1, 0.15) is 0 Å². The van der Waals surface area contributed by atoms with Gasteiger partial charge in [-0.1, -0.05) is 78.4 Å². The molecule has 0 aliphatic heterocycles. The van der Waals surface area contributed by atoms with Gasteiger partial charge in [-0.15, -0.1) is 0 Å². The molecule has 24 heavy (non-hydrogen) atoms. The molecule has 3 aromatic carbocycles. The van der Waals surface area contributed by atoms with Crippen molar-refractivity contribution in [3.05, 3.63) is 95.1 Å². The first kappa shape index (κ1) is 13.8. The SMILES string of the molecule is Cc1ccc2c(c1)C1(C=CC=CC1)c1cc(C)c3ccccc3c1-2. The first-order valence-corrected chi connectivity index (χ1v) is 8.69. The molecule has 0 fully saturated rings. The lowest BCUT2D eigenvalue weighted by Crippen LogP contribution is -2.23. The van der Waals surface area contributed by atoms with Crippen molar-refractivity contribution in [1.29, 1.82) is 0 Å². The summed E-state index contributed by atoms with van der Waals surface area (Å²) in [4.78, 5) is 0. The van der Waals surface area contributed by atoms with E-state index in [1.807, 2.05) is 0 Å². The van der Waals surface area contributed by atoms with E-state index in [-0.39, 0.29) is 5.41 Å². The molecule has 0 radical (unpaired) electrons. The maximum Gasteiger partial charge on any atom is 0.0432 e. The highest BCUT2D eigenvalue weighted by Gasteiger charge is 2.42. The van der Waals surface area contributed by atoms with Crippen LogP contribution in [0.1, 0.15) is 28.7 Å². The second-order valence-electron chi connectivity index (χ2n) is 7.17. The highest BCUT2D eigenvalue weighted by Crippen LogP contribution is 2.55. The highest BCUT2D eigenvalue weighted by molar-refractivity contribution is 6.04. The topological polar surface area (TPSA) is 0 Å². The molecule has 0 heterocycles. The Hall–Kier alpha value is -2.60. The van der Waals surface area contributed by atoms with Crippen molar-refractivity contribution < 1.29 is 0 Å². The van der Waals surface area contributed by atoms with Gasteiger partial charge in [0.15, 0.2) is 0 Å². The summed E-state index contributed by atoms with van der Waals surface area (Å²) in [7, 11) is 0. The summed E-state index contributed by atoms with van der Waals surface area (Å²) in [5.74, 6) is 0. The van der Waals surface area contributed by atoms with Crippen molar-refractivity contribution in [1.82, 2.24) is 0 Å². The molecular formula is C24H20. The van der Waals surface area contributed by atoms with E-state index in [4.69, 9.17) is 0 Å². The van der Waals surface area contributed by atoms with Gasteiger partial charge < -0.3 is 0 Å². The third-order valence-corrected chi connectivity index (χ3v) is 5.72. The van der Waals surface area contributed by atoms with Crippen LogP contribution in [0, 0.1) is 13.8 Å². The van der Waals surface area contributed by atoms with Crippen LogP contribution in [0.4, 0.5) is 0 Å². The number of aryl methyl sites for hydroxylation is 2. The van der Waals surface area contributed by atoms with Crippen LogP contribution in [0.5, 0.6) is 0 Å². The normalized spacial score (nSPS) is 20.6. The minimum Gasteiger partial charge on any atom is -0.0830 e. The maximum absolute atomic E-state index is 2.43. The van der Waals surface area contributed by atoms with E-state index in [1.165, 1.54) is 44.2 Å². The van der Waals surface area contributed by atoms with Crippen LogP contribution in [0.2, 0.25) is 0 Å². The molecule has 2 aliphatic carbocycles. The van der Waals surface area contributed by atoms with Crippen LogP contribution in [0.3, 0.4) is 0 Å². The van der Waals surface area contributed by atoms with Gasteiger partial charge in [0.05, 0.1) is 0 Å². The van der Waals surface area contributed by atoms with Gasteiger partial charge in [0.25, 0.3) is 0 Å². The number of allylic oxidation sites excluding steroid dienone is 4. The third kappa shape index (κ3) is 1.63. The first-order chi connectivity index (χ1) is 11.7. The second-order valence-corrected chi connectivity index (χ2v) is 7.17. The molecule has 116 valence electrons. The summed E-state index contributed by atoms with van der Waals surface area (Å²) < 4.78 is 0. The van der Waals surface area contributed by atoms with E-state index in [2.05, 4.69) is 86.7 Å². The van der Waals surface area contributed by atoms with Crippen molar-refractivity contribution >= 4 is 10.8 Å². The molecule has 0 bridgehead atoms. The minimum absolute atomic E-state index is 0.000226. The number of benzene rings is 3. The molecule has 0 aromatic heterocycles. The Morgan fingerprint density at radius 3 is 2.46 bits per heavy atom. The summed E-state index contributed by atoms with van der Waals surface area (Å²) in [6.07, 6.45) is 10.2. The minimum atomic E-state index is 0.000226. The second kappa shape index (κ2) is 4.70. The fourth-order valence-corrected chi connectivity index (χ4v) is 4.61. The van der Waals surface area contributed by atoms with Gasteiger partial charge in [0, 0.05) is 5.41 Å². The standard InChI is InChI=1S/C24H20/c1-16-10-11-20-21(14-16)24(12-6-3-7-13-24)22-15-17(2)18-8-4-5-9-19(18)23(20)22/h3-12,14-15H,13H2,1-2H3. The van der Waals surface area contributed by atoms with Crippen LogP contribution < -0.4 is 0 Å². The Labute approximate surface area is 143 Å². The Balaban J connectivity index is 1.98. The number of rotatable bonds is 0. The fraction of sp³-hybridized carbons (Fsp3) is 0.167. The van der Waals surface area contributed by atoms with Crippen molar-refractivity contribution in [3.63, 3.8) is 0 Å². The van der Waals surface area contributed by atoms with Crippen LogP contribution >= 0.6 is 0 Å². The number of hydrogen-bond donors (Lipinski definition) is 0. The van der Waals surface area contributed by atoms with Gasteiger partial charge in [-0.25, -0.2) is 0 Å². The van der Waals surface area contributed by atoms with Crippen LogP contribution in [0.25, 0.3) is 21.9 Å². The molecule has 0 amide bonds. The van der Waals surface area contributed by atoms with Crippen LogP contribution in [0.15, 0.2) is 72.8 Å². The molecule has 0 saturated heterocycles. The maximum atomic E-state index is 2.43. The van der Waals surface area contributed by atoms with E-state index < -0.39 is 0 Å². The average Bonchev–Trinajstić information content (AvgIpc) is 2.86. The molecule has 1 atom stereocenters. The summed E-state index contributed by atoms with van der Waals surface area (Å²) in [5, 5.41) is 2.76. The van der Waals surface area contributed by atoms with Crippen molar-refractivity contribution in [3.8, 4) is 11.1 Å². The van der Waals surface area contributed by atoms with Crippen molar-refractivity contribution in [2.45, 2.75) is 25.7 Å². The molecular weight excluding hydrogens is 288 g/mol. The van der Waals surface area contributed by atoms with E-state index in [9.17, 15) is 0 Å². The molecule has 5 rings (SSSR count). The lowest BCUT2D eigenvalue weighted by atomic mass is 9.73. The van der Waals surface area contributed by atoms with Crippen LogP contribution in [-0.4, -0.2) is 0 Å². The Kier molecular flexibility index (Phi) is 2.71. The lowest BCUT2D eigenvalue weighted by Gasteiger charge is -2.30. The zero-order chi connectivity index (χ0) is 16.3. The zero-order valence-corrected chi connectivity index (χ0v) is 14.1. The smallest absolute Gasteiger partial charge is 0.0432 e. The first-order valence-electron chi connectivity index (χ1n) is 8.69. The molecule has 3 aromatic rings.